The lowest BCUT2D eigenvalue weighted by atomic mass is 9.73. The van der Waals surface area contributed by atoms with Crippen LogP contribution in [0.4, 0.5) is 0 Å². The zero-order valence-electron chi connectivity index (χ0n) is 12.8. The van der Waals surface area contributed by atoms with Gasteiger partial charge < -0.3 is 5.11 Å². The van der Waals surface area contributed by atoms with Crippen LogP contribution in [0, 0.1) is 0 Å². The van der Waals surface area contributed by atoms with Crippen LogP contribution in [-0.2, 0) is 15.3 Å². The summed E-state index contributed by atoms with van der Waals surface area (Å²) in [6.07, 6.45) is 4.94. The summed E-state index contributed by atoms with van der Waals surface area (Å²) in [5.41, 5.74) is 1.03. The molecule has 1 aromatic rings. The van der Waals surface area contributed by atoms with Crippen molar-refractivity contribution in [3.05, 3.63) is 35.9 Å². The van der Waals surface area contributed by atoms with Crippen molar-refractivity contribution in [2.75, 3.05) is 11.5 Å². The third-order valence-corrected chi connectivity index (χ3v) is 6.65. The van der Waals surface area contributed by atoms with E-state index in [0.717, 1.165) is 25.7 Å². The average Bonchev–Trinajstić information content (AvgIpc) is 2.99. The van der Waals surface area contributed by atoms with Crippen molar-refractivity contribution in [2.24, 2.45) is 0 Å². The molecular formula is C17H26O3S. The Balaban J connectivity index is 2.05. The van der Waals surface area contributed by atoms with Crippen LogP contribution in [-0.4, -0.2) is 31.1 Å². The molecule has 1 unspecified atom stereocenters. The Hall–Kier alpha value is -0.870. The van der Waals surface area contributed by atoms with E-state index in [-0.39, 0.29) is 16.9 Å². The first-order chi connectivity index (χ1) is 10.0. The molecule has 0 aliphatic heterocycles. The highest BCUT2D eigenvalue weighted by molar-refractivity contribution is 7.91. The smallest absolute Gasteiger partial charge is 0.150 e. The van der Waals surface area contributed by atoms with Gasteiger partial charge in [0.25, 0.3) is 0 Å². The van der Waals surface area contributed by atoms with Crippen molar-refractivity contribution in [1.29, 1.82) is 0 Å². The molecule has 0 spiro atoms. The van der Waals surface area contributed by atoms with Crippen LogP contribution in [0.2, 0.25) is 0 Å². The standard InChI is InChI=1S/C17H26O3S/c1-2-21(19,20)14-8-11-16(18)17(12-6-7-13-17)15-9-4-3-5-10-15/h3-5,9-10,16,18H,2,6-8,11-14H2,1H3. The Morgan fingerprint density at radius 1 is 1.19 bits per heavy atom. The fourth-order valence-electron chi connectivity index (χ4n) is 3.51. The number of aliphatic hydroxyl groups is 1. The summed E-state index contributed by atoms with van der Waals surface area (Å²) in [5, 5.41) is 10.7. The van der Waals surface area contributed by atoms with Crippen molar-refractivity contribution in [3.63, 3.8) is 0 Å². The molecule has 3 nitrogen and oxygen atoms in total. The maximum absolute atomic E-state index is 11.6. The monoisotopic (exact) mass is 310 g/mol. The quantitative estimate of drug-likeness (QED) is 0.842. The van der Waals surface area contributed by atoms with Crippen molar-refractivity contribution < 1.29 is 13.5 Å². The second-order valence-corrected chi connectivity index (χ2v) is 8.60. The van der Waals surface area contributed by atoms with Gasteiger partial charge in [0.15, 0.2) is 0 Å². The zero-order chi connectivity index (χ0) is 15.3. The molecule has 0 bridgehead atoms. The second kappa shape index (κ2) is 6.93. The normalized spacial score (nSPS) is 19.5. The highest BCUT2D eigenvalue weighted by Gasteiger charge is 2.41. The van der Waals surface area contributed by atoms with Gasteiger partial charge in [-0.05, 0) is 31.2 Å². The molecule has 0 aromatic heterocycles. The lowest BCUT2D eigenvalue weighted by Crippen LogP contribution is -2.37. The molecule has 21 heavy (non-hydrogen) atoms. The first-order valence-electron chi connectivity index (χ1n) is 7.94. The van der Waals surface area contributed by atoms with Crippen LogP contribution >= 0.6 is 0 Å². The van der Waals surface area contributed by atoms with E-state index in [2.05, 4.69) is 12.1 Å². The van der Waals surface area contributed by atoms with Gasteiger partial charge in [0.1, 0.15) is 9.84 Å². The predicted molar refractivity (Wildman–Crippen MR) is 86.2 cm³/mol. The topological polar surface area (TPSA) is 54.4 Å². The summed E-state index contributed by atoms with van der Waals surface area (Å²) in [6.45, 7) is 1.67. The summed E-state index contributed by atoms with van der Waals surface area (Å²) < 4.78 is 23.1. The Morgan fingerprint density at radius 2 is 1.81 bits per heavy atom. The molecule has 1 fully saturated rings. The van der Waals surface area contributed by atoms with Gasteiger partial charge >= 0.3 is 0 Å². The number of aliphatic hydroxyl groups excluding tert-OH is 1. The van der Waals surface area contributed by atoms with Gasteiger partial charge in [-0.1, -0.05) is 50.1 Å². The third-order valence-electron chi connectivity index (χ3n) is 4.86. The first kappa shape index (κ1) is 16.5. The van der Waals surface area contributed by atoms with Crippen LogP contribution in [0.3, 0.4) is 0 Å². The van der Waals surface area contributed by atoms with Crippen LogP contribution in [0.1, 0.15) is 51.0 Å². The molecule has 4 heteroatoms. The molecule has 1 saturated carbocycles. The van der Waals surface area contributed by atoms with E-state index < -0.39 is 15.9 Å². The van der Waals surface area contributed by atoms with Gasteiger partial charge in [-0.3, -0.25) is 0 Å². The van der Waals surface area contributed by atoms with Crippen LogP contribution in [0.25, 0.3) is 0 Å². The van der Waals surface area contributed by atoms with E-state index in [1.54, 1.807) is 6.92 Å². The molecule has 1 aromatic carbocycles. The van der Waals surface area contributed by atoms with E-state index in [1.165, 1.54) is 5.56 Å². The van der Waals surface area contributed by atoms with Gasteiger partial charge in [-0.15, -0.1) is 0 Å². The lowest BCUT2D eigenvalue weighted by molar-refractivity contribution is 0.0739. The SMILES string of the molecule is CCS(=O)(=O)CCCC(O)C1(c2ccccc2)CCCC1. The molecule has 0 heterocycles. The van der Waals surface area contributed by atoms with Gasteiger partial charge in [0, 0.05) is 11.2 Å². The van der Waals surface area contributed by atoms with Gasteiger partial charge in [0.05, 0.1) is 11.9 Å². The molecule has 1 aliphatic rings. The molecule has 1 atom stereocenters. The average molecular weight is 310 g/mol. The van der Waals surface area contributed by atoms with E-state index >= 15 is 0 Å². The summed E-state index contributed by atoms with van der Waals surface area (Å²) in [6, 6.07) is 10.2. The van der Waals surface area contributed by atoms with E-state index in [0.29, 0.717) is 12.8 Å². The highest BCUT2D eigenvalue weighted by Crippen LogP contribution is 2.44. The molecular weight excluding hydrogens is 284 g/mol. The summed E-state index contributed by atoms with van der Waals surface area (Å²) >= 11 is 0. The van der Waals surface area contributed by atoms with E-state index in [9.17, 15) is 13.5 Å². The van der Waals surface area contributed by atoms with E-state index in [4.69, 9.17) is 0 Å². The molecule has 1 N–H and O–H groups in total. The Bertz CT molecular complexity index is 530. The number of hydrogen-bond acceptors (Lipinski definition) is 3. The van der Waals surface area contributed by atoms with Crippen molar-refractivity contribution in [1.82, 2.24) is 0 Å². The Kier molecular flexibility index (Phi) is 5.44. The number of sulfone groups is 1. The Morgan fingerprint density at radius 3 is 2.38 bits per heavy atom. The maximum atomic E-state index is 11.6. The summed E-state index contributed by atoms with van der Waals surface area (Å²) in [4.78, 5) is 0. The zero-order valence-corrected chi connectivity index (χ0v) is 13.6. The largest absolute Gasteiger partial charge is 0.392 e. The predicted octanol–water partition coefficient (Wildman–Crippen LogP) is 3.07. The first-order valence-corrected chi connectivity index (χ1v) is 9.76. The third kappa shape index (κ3) is 3.86. The Labute approximate surface area is 128 Å². The molecule has 0 radical (unpaired) electrons. The van der Waals surface area contributed by atoms with Gasteiger partial charge in [0.2, 0.25) is 0 Å². The van der Waals surface area contributed by atoms with Crippen LogP contribution < -0.4 is 0 Å². The highest BCUT2D eigenvalue weighted by atomic mass is 32.2. The maximum Gasteiger partial charge on any atom is 0.150 e. The molecule has 0 amide bonds. The number of hydrogen-bond donors (Lipinski definition) is 1. The number of benzene rings is 1. The minimum atomic E-state index is -2.93. The van der Waals surface area contributed by atoms with Crippen molar-refractivity contribution in [3.8, 4) is 0 Å². The molecule has 0 saturated heterocycles. The molecule has 1 aliphatic carbocycles. The van der Waals surface area contributed by atoms with Crippen LogP contribution in [0.15, 0.2) is 30.3 Å². The van der Waals surface area contributed by atoms with Crippen LogP contribution in [0.5, 0.6) is 0 Å². The molecule has 2 rings (SSSR count). The van der Waals surface area contributed by atoms with Gasteiger partial charge in [-0.2, -0.15) is 0 Å². The van der Waals surface area contributed by atoms with Crippen molar-refractivity contribution >= 4 is 9.84 Å². The summed E-state index contributed by atoms with van der Waals surface area (Å²) in [7, 11) is -2.93. The number of rotatable bonds is 7. The lowest BCUT2D eigenvalue weighted by Gasteiger charge is -2.35. The second-order valence-electron chi connectivity index (χ2n) is 6.12. The summed E-state index contributed by atoms with van der Waals surface area (Å²) in [5.74, 6) is 0.373. The minimum Gasteiger partial charge on any atom is -0.392 e. The van der Waals surface area contributed by atoms with E-state index in [1.807, 2.05) is 18.2 Å². The minimum absolute atomic E-state index is 0.169. The molecule has 118 valence electrons. The fourth-order valence-corrected chi connectivity index (χ4v) is 4.40. The fraction of sp³-hybridized carbons (Fsp3) is 0.647. The van der Waals surface area contributed by atoms with Gasteiger partial charge in [-0.25, -0.2) is 8.42 Å². The van der Waals surface area contributed by atoms with Crippen molar-refractivity contribution in [2.45, 2.75) is 57.0 Å².